The number of rotatable bonds is 0. The zero-order valence-corrected chi connectivity index (χ0v) is 9.27. The van der Waals surface area contributed by atoms with Crippen LogP contribution in [0.1, 0.15) is 12.0 Å². The van der Waals surface area contributed by atoms with Crippen molar-refractivity contribution in [3.05, 3.63) is 52.5 Å². The summed E-state index contributed by atoms with van der Waals surface area (Å²) in [6, 6.07) is 8.33. The van der Waals surface area contributed by atoms with Crippen LogP contribution in [0.15, 0.2) is 36.4 Å². The molecule has 0 unspecified atom stereocenters. The largest absolute Gasteiger partial charge is 0.248 e. The Labute approximate surface area is 94.4 Å². The quantitative estimate of drug-likeness (QED) is 0.644. The molecule has 0 spiro atoms. The van der Waals surface area contributed by atoms with Crippen LogP contribution in [0.2, 0.25) is 0 Å². The lowest BCUT2D eigenvalue weighted by Crippen LogP contribution is -2.30. The lowest BCUT2D eigenvalue weighted by atomic mass is 10.1. The molecule has 1 aliphatic rings. The Bertz CT molecular complexity index is 693. The Morgan fingerprint density at radius 3 is 3.00 bits per heavy atom. The maximum absolute atomic E-state index is 4.70. The molecule has 0 bridgehead atoms. The molecule has 0 saturated carbocycles. The van der Waals surface area contributed by atoms with Crippen LogP contribution in [0.25, 0.3) is 23.1 Å². The molecule has 0 amide bonds. The molecule has 0 saturated heterocycles. The number of benzene rings is 1. The van der Waals surface area contributed by atoms with E-state index in [9.17, 15) is 0 Å². The van der Waals surface area contributed by atoms with Crippen LogP contribution in [-0.2, 0) is 0 Å². The third kappa shape index (κ3) is 1.36. The number of allylic oxidation sites excluding steroid dienone is 2. The molecule has 1 aliphatic carbocycles. The molecule has 78 valence electrons. The Hall–Kier alpha value is -1.89. The van der Waals surface area contributed by atoms with Gasteiger partial charge in [-0.25, -0.2) is 4.98 Å². The van der Waals surface area contributed by atoms with Gasteiger partial charge in [0.05, 0.1) is 10.9 Å². The molecular weight excluding hydrogens is 194 g/mol. The van der Waals surface area contributed by atoms with Crippen LogP contribution >= 0.6 is 0 Å². The van der Waals surface area contributed by atoms with Crippen molar-refractivity contribution in [2.75, 3.05) is 0 Å². The van der Waals surface area contributed by atoms with E-state index in [1.54, 1.807) is 0 Å². The van der Waals surface area contributed by atoms with E-state index in [2.05, 4.69) is 49.4 Å². The van der Waals surface area contributed by atoms with Crippen LogP contribution in [0.5, 0.6) is 0 Å². The molecule has 3 rings (SSSR count). The zero-order valence-electron chi connectivity index (χ0n) is 9.27. The van der Waals surface area contributed by atoms with Crippen LogP contribution in [0, 0.1) is 6.92 Å². The average molecular weight is 207 g/mol. The molecule has 16 heavy (non-hydrogen) atoms. The SMILES string of the molecule is Cc1c2c(nc3ccccc13)=CC=CCC=2. The normalized spacial score (nSPS) is 13.8. The fourth-order valence-corrected chi connectivity index (χ4v) is 2.22. The second kappa shape index (κ2) is 3.60. The monoisotopic (exact) mass is 207 g/mol. The van der Waals surface area contributed by atoms with Crippen molar-refractivity contribution >= 4 is 23.1 Å². The van der Waals surface area contributed by atoms with Crippen molar-refractivity contribution < 1.29 is 0 Å². The molecule has 1 heterocycles. The van der Waals surface area contributed by atoms with Gasteiger partial charge in [0.2, 0.25) is 0 Å². The first-order valence-corrected chi connectivity index (χ1v) is 5.59. The van der Waals surface area contributed by atoms with Crippen molar-refractivity contribution in [2.24, 2.45) is 0 Å². The number of fused-ring (bicyclic) bond motifs is 2. The number of nitrogens with zero attached hydrogens (tertiary/aromatic N) is 1. The van der Waals surface area contributed by atoms with E-state index < -0.39 is 0 Å². The second-order valence-corrected chi connectivity index (χ2v) is 4.09. The minimum Gasteiger partial charge on any atom is -0.248 e. The third-order valence-electron chi connectivity index (χ3n) is 3.08. The van der Waals surface area contributed by atoms with E-state index in [0.717, 1.165) is 17.3 Å². The van der Waals surface area contributed by atoms with Gasteiger partial charge in [-0.05, 0) is 31.1 Å². The topological polar surface area (TPSA) is 12.9 Å². The first-order valence-electron chi connectivity index (χ1n) is 5.59. The molecule has 1 aromatic carbocycles. The zero-order chi connectivity index (χ0) is 11.0. The van der Waals surface area contributed by atoms with Crippen LogP contribution in [0.3, 0.4) is 0 Å². The molecule has 2 aromatic rings. The lowest BCUT2D eigenvalue weighted by molar-refractivity contribution is 1.24. The summed E-state index contributed by atoms with van der Waals surface area (Å²) in [6.45, 7) is 2.18. The van der Waals surface area contributed by atoms with Gasteiger partial charge >= 0.3 is 0 Å². The van der Waals surface area contributed by atoms with E-state index >= 15 is 0 Å². The first kappa shape index (κ1) is 9.34. The summed E-state index contributed by atoms with van der Waals surface area (Å²) < 4.78 is 0. The highest BCUT2D eigenvalue weighted by Crippen LogP contribution is 2.11. The van der Waals surface area contributed by atoms with E-state index in [-0.39, 0.29) is 0 Å². The minimum absolute atomic E-state index is 0.990. The van der Waals surface area contributed by atoms with Gasteiger partial charge in [-0.1, -0.05) is 36.4 Å². The number of hydrogen-bond acceptors (Lipinski definition) is 1. The molecule has 1 heteroatoms. The predicted molar refractivity (Wildman–Crippen MR) is 68.4 cm³/mol. The molecule has 1 nitrogen and oxygen atoms in total. The number of pyridine rings is 1. The highest BCUT2D eigenvalue weighted by molar-refractivity contribution is 5.82. The highest BCUT2D eigenvalue weighted by Gasteiger charge is 2.01. The Morgan fingerprint density at radius 2 is 2.06 bits per heavy atom. The second-order valence-electron chi connectivity index (χ2n) is 4.09. The summed E-state index contributed by atoms with van der Waals surface area (Å²) in [7, 11) is 0. The van der Waals surface area contributed by atoms with Gasteiger partial charge in [-0.2, -0.15) is 0 Å². The standard InChI is InChI=1S/C15H13N/c1-11-12-7-3-2-4-9-14(12)16-15-10-6-5-8-13(11)15/h2,4-10H,3H2,1H3. The van der Waals surface area contributed by atoms with Gasteiger partial charge < -0.3 is 0 Å². The number of aryl methyl sites for hydroxylation is 1. The molecule has 0 fully saturated rings. The maximum Gasteiger partial charge on any atom is 0.0712 e. The third-order valence-corrected chi connectivity index (χ3v) is 3.08. The number of aromatic nitrogens is 1. The Kier molecular flexibility index (Phi) is 2.10. The van der Waals surface area contributed by atoms with Gasteiger partial charge in [-0.15, -0.1) is 0 Å². The van der Waals surface area contributed by atoms with E-state index in [1.807, 2.05) is 6.07 Å². The van der Waals surface area contributed by atoms with Gasteiger partial charge in [-0.3, -0.25) is 0 Å². The molecule has 0 aliphatic heterocycles. The summed E-state index contributed by atoms with van der Waals surface area (Å²) in [5.41, 5.74) is 2.42. The van der Waals surface area contributed by atoms with Crippen LogP contribution in [0.4, 0.5) is 0 Å². The first-order chi connectivity index (χ1) is 7.86. The Morgan fingerprint density at radius 1 is 1.19 bits per heavy atom. The molecule has 0 atom stereocenters. The van der Waals surface area contributed by atoms with Gasteiger partial charge in [0.1, 0.15) is 0 Å². The fraction of sp³-hybridized carbons (Fsp3) is 0.133. The summed E-state index contributed by atoms with van der Waals surface area (Å²) in [6.07, 6.45) is 9.59. The predicted octanol–water partition coefficient (Wildman–Crippen LogP) is 2.06. The average Bonchev–Trinajstić information content (AvgIpc) is 2.55. The number of hydrogen-bond donors (Lipinski definition) is 0. The maximum atomic E-state index is 4.70. The van der Waals surface area contributed by atoms with E-state index in [4.69, 9.17) is 4.98 Å². The van der Waals surface area contributed by atoms with Crippen molar-refractivity contribution in [3.63, 3.8) is 0 Å². The van der Waals surface area contributed by atoms with Crippen molar-refractivity contribution in [1.82, 2.24) is 4.98 Å². The van der Waals surface area contributed by atoms with Crippen molar-refractivity contribution in [3.8, 4) is 0 Å². The van der Waals surface area contributed by atoms with Crippen LogP contribution in [-0.4, -0.2) is 4.98 Å². The van der Waals surface area contributed by atoms with E-state index in [1.165, 1.54) is 16.2 Å². The highest BCUT2D eigenvalue weighted by atomic mass is 14.7. The van der Waals surface area contributed by atoms with Gasteiger partial charge in [0.25, 0.3) is 0 Å². The van der Waals surface area contributed by atoms with Crippen LogP contribution < -0.4 is 10.6 Å². The fourth-order valence-electron chi connectivity index (χ4n) is 2.22. The van der Waals surface area contributed by atoms with Gasteiger partial charge in [0.15, 0.2) is 0 Å². The Balaban J connectivity index is 2.56. The molecule has 0 radical (unpaired) electrons. The molecule has 1 aromatic heterocycles. The van der Waals surface area contributed by atoms with E-state index in [0.29, 0.717) is 0 Å². The van der Waals surface area contributed by atoms with Gasteiger partial charge in [0, 0.05) is 10.6 Å². The summed E-state index contributed by atoms with van der Waals surface area (Å²) in [4.78, 5) is 4.70. The smallest absolute Gasteiger partial charge is 0.0712 e. The summed E-state index contributed by atoms with van der Waals surface area (Å²) in [5.74, 6) is 0. The van der Waals surface area contributed by atoms with Crippen molar-refractivity contribution in [1.29, 1.82) is 0 Å². The summed E-state index contributed by atoms with van der Waals surface area (Å²) >= 11 is 0. The molecular formula is C15H13N. The summed E-state index contributed by atoms with van der Waals surface area (Å²) in [5, 5.41) is 3.63. The minimum atomic E-state index is 0.990. The van der Waals surface area contributed by atoms with Crippen molar-refractivity contribution in [2.45, 2.75) is 13.3 Å². The molecule has 0 N–H and O–H groups in total. The lowest BCUT2D eigenvalue weighted by Gasteiger charge is -2.02. The number of para-hydroxylation sites is 1.